The fourth-order valence-electron chi connectivity index (χ4n) is 7.71. The molecule has 0 aromatic carbocycles. The van der Waals surface area contributed by atoms with Crippen molar-refractivity contribution in [1.82, 2.24) is 0 Å². The van der Waals surface area contributed by atoms with Gasteiger partial charge < -0.3 is 14.2 Å². The minimum absolute atomic E-state index is 0.0967. The molecule has 0 saturated heterocycles. The summed E-state index contributed by atoms with van der Waals surface area (Å²) in [4.78, 5) is 38.1. The van der Waals surface area contributed by atoms with E-state index in [1.54, 1.807) is 0 Å². The van der Waals surface area contributed by atoms with Gasteiger partial charge in [0.2, 0.25) is 0 Å². The zero-order valence-electron chi connectivity index (χ0n) is 43.9. The van der Waals surface area contributed by atoms with E-state index in [1.165, 1.54) is 135 Å². The minimum Gasteiger partial charge on any atom is -0.462 e. The molecule has 0 fully saturated rings. The molecule has 384 valence electrons. The van der Waals surface area contributed by atoms with E-state index in [1.807, 2.05) is 0 Å². The Labute approximate surface area is 414 Å². The predicted octanol–water partition coefficient (Wildman–Crippen LogP) is 18.8. The summed E-state index contributed by atoms with van der Waals surface area (Å²) >= 11 is 0. The number of unbranched alkanes of at least 4 members (excludes halogenated alkanes) is 25. The van der Waals surface area contributed by atoms with E-state index < -0.39 is 6.10 Å². The summed E-state index contributed by atoms with van der Waals surface area (Å²) in [7, 11) is 0. The number of hydrogen-bond donors (Lipinski definition) is 0. The Hall–Kier alpha value is -3.41. The molecule has 0 aliphatic heterocycles. The summed E-state index contributed by atoms with van der Waals surface area (Å²) in [5.74, 6) is -0.959. The van der Waals surface area contributed by atoms with Gasteiger partial charge in [0.05, 0.1) is 0 Å². The van der Waals surface area contributed by atoms with Gasteiger partial charge >= 0.3 is 17.9 Å². The first kappa shape index (κ1) is 63.6. The fraction of sp³-hybridized carbons (Fsp3) is 0.721. The van der Waals surface area contributed by atoms with Gasteiger partial charge in [0.15, 0.2) is 6.10 Å². The average molecular weight is 933 g/mol. The Morgan fingerprint density at radius 2 is 0.597 bits per heavy atom. The Bertz CT molecular complexity index is 1300. The molecule has 1 unspecified atom stereocenters. The molecule has 0 aliphatic rings. The first-order valence-electron chi connectivity index (χ1n) is 28.1. The molecule has 0 spiro atoms. The van der Waals surface area contributed by atoms with Crippen LogP contribution >= 0.6 is 0 Å². The van der Waals surface area contributed by atoms with E-state index in [2.05, 4.69) is 106 Å². The highest BCUT2D eigenvalue weighted by molar-refractivity contribution is 5.71. The van der Waals surface area contributed by atoms with Gasteiger partial charge in [0, 0.05) is 19.3 Å². The van der Waals surface area contributed by atoms with Gasteiger partial charge in [-0.25, -0.2) is 0 Å². The zero-order valence-corrected chi connectivity index (χ0v) is 43.9. The molecular weight excluding hydrogens is 829 g/mol. The van der Waals surface area contributed by atoms with E-state index >= 15 is 0 Å². The molecule has 67 heavy (non-hydrogen) atoms. The minimum atomic E-state index is -0.801. The summed E-state index contributed by atoms with van der Waals surface area (Å²) in [6.45, 7) is 6.37. The van der Waals surface area contributed by atoms with Crippen LogP contribution in [0, 0.1) is 0 Å². The van der Waals surface area contributed by atoms with E-state index in [9.17, 15) is 14.4 Å². The van der Waals surface area contributed by atoms with Crippen LogP contribution in [0.5, 0.6) is 0 Å². The SMILES string of the molecule is CC/C=C\C/C=C\C/C=C\CCCCCCCCCCCC(=O)OCC(COC(=O)CCC/C=C\C/C=C\C/C=C\CC)OC(=O)CCCCCCCCC/C=C\CCCCCCCCCC. The topological polar surface area (TPSA) is 78.9 Å². The molecule has 0 radical (unpaired) electrons. The molecular formula is C61H104O6. The van der Waals surface area contributed by atoms with E-state index in [0.29, 0.717) is 19.3 Å². The van der Waals surface area contributed by atoms with Crippen molar-refractivity contribution in [3.05, 3.63) is 85.1 Å². The van der Waals surface area contributed by atoms with Crippen molar-refractivity contribution in [2.45, 2.75) is 271 Å². The third-order valence-corrected chi connectivity index (χ3v) is 11.9. The van der Waals surface area contributed by atoms with Gasteiger partial charge in [0.25, 0.3) is 0 Å². The molecule has 0 rings (SSSR count). The highest BCUT2D eigenvalue weighted by Gasteiger charge is 2.19. The molecule has 0 N–H and O–H groups in total. The first-order chi connectivity index (χ1) is 33.0. The predicted molar refractivity (Wildman–Crippen MR) is 288 cm³/mol. The highest BCUT2D eigenvalue weighted by atomic mass is 16.6. The van der Waals surface area contributed by atoms with Crippen molar-refractivity contribution >= 4 is 17.9 Å². The van der Waals surface area contributed by atoms with Gasteiger partial charge in [-0.05, 0) is 103 Å². The second-order valence-corrected chi connectivity index (χ2v) is 18.4. The monoisotopic (exact) mass is 933 g/mol. The van der Waals surface area contributed by atoms with Crippen LogP contribution in [0.15, 0.2) is 85.1 Å². The maximum atomic E-state index is 12.8. The second kappa shape index (κ2) is 55.2. The Morgan fingerprint density at radius 1 is 0.313 bits per heavy atom. The standard InChI is InChI=1S/C61H104O6/c1-4-7-10-13-16-19-22-24-26-28-30-32-34-36-39-42-45-48-51-54-60(63)66-57-58(56-65-59(62)53-50-47-44-41-38-21-18-15-12-9-6-3)67-61(64)55-52-49-46-43-40-37-35-33-31-29-27-25-23-20-17-14-11-8-5-2/h7,9-10,12,16,18-19,21,24,26,29,31,41,44,58H,4-6,8,11,13-15,17,20,22-23,25,27-28,30,32-40,42-43,45-57H2,1-3H3/b10-7-,12-9-,19-16-,21-18-,26-24-,31-29-,44-41-. The van der Waals surface area contributed by atoms with E-state index in [-0.39, 0.29) is 37.5 Å². The Kier molecular flexibility index (Phi) is 52.4. The molecule has 0 bridgehead atoms. The molecule has 0 aliphatic carbocycles. The maximum absolute atomic E-state index is 12.8. The number of carbonyl (C=O) groups is 3. The number of esters is 3. The smallest absolute Gasteiger partial charge is 0.306 e. The summed E-state index contributed by atoms with van der Waals surface area (Å²) in [6, 6.07) is 0. The maximum Gasteiger partial charge on any atom is 0.306 e. The summed E-state index contributed by atoms with van der Waals surface area (Å²) in [5, 5.41) is 0. The van der Waals surface area contributed by atoms with Crippen LogP contribution in [-0.4, -0.2) is 37.2 Å². The Balaban J connectivity index is 4.37. The lowest BCUT2D eigenvalue weighted by Gasteiger charge is -2.18. The largest absolute Gasteiger partial charge is 0.462 e. The van der Waals surface area contributed by atoms with Crippen molar-refractivity contribution in [3.8, 4) is 0 Å². The third-order valence-electron chi connectivity index (χ3n) is 11.9. The molecule has 0 amide bonds. The molecule has 0 saturated carbocycles. The molecule has 0 aromatic heterocycles. The van der Waals surface area contributed by atoms with Crippen molar-refractivity contribution in [3.63, 3.8) is 0 Å². The van der Waals surface area contributed by atoms with E-state index in [4.69, 9.17) is 14.2 Å². The van der Waals surface area contributed by atoms with Crippen molar-refractivity contribution in [2.24, 2.45) is 0 Å². The number of ether oxygens (including phenoxy) is 3. The van der Waals surface area contributed by atoms with Crippen LogP contribution in [-0.2, 0) is 28.6 Å². The quantitative estimate of drug-likeness (QED) is 0.0262. The zero-order chi connectivity index (χ0) is 48.6. The number of carbonyl (C=O) groups excluding carboxylic acids is 3. The molecule has 0 heterocycles. The van der Waals surface area contributed by atoms with Gasteiger partial charge in [0.1, 0.15) is 13.2 Å². The first-order valence-corrected chi connectivity index (χ1v) is 28.1. The lowest BCUT2D eigenvalue weighted by Crippen LogP contribution is -2.30. The molecule has 6 nitrogen and oxygen atoms in total. The van der Waals surface area contributed by atoms with Crippen molar-refractivity contribution < 1.29 is 28.6 Å². The van der Waals surface area contributed by atoms with Crippen LogP contribution in [0.2, 0.25) is 0 Å². The third kappa shape index (κ3) is 53.4. The van der Waals surface area contributed by atoms with Gasteiger partial charge in [-0.3, -0.25) is 14.4 Å². The van der Waals surface area contributed by atoms with E-state index in [0.717, 1.165) is 83.5 Å². The van der Waals surface area contributed by atoms with Crippen molar-refractivity contribution in [1.29, 1.82) is 0 Å². The molecule has 0 aromatic rings. The van der Waals surface area contributed by atoms with Crippen LogP contribution in [0.1, 0.15) is 265 Å². The molecule has 1 atom stereocenters. The Morgan fingerprint density at radius 3 is 0.985 bits per heavy atom. The number of rotatable bonds is 50. The van der Waals surface area contributed by atoms with Gasteiger partial charge in [-0.15, -0.1) is 0 Å². The fourth-order valence-corrected chi connectivity index (χ4v) is 7.71. The lowest BCUT2D eigenvalue weighted by atomic mass is 10.1. The van der Waals surface area contributed by atoms with Gasteiger partial charge in [-0.2, -0.15) is 0 Å². The number of hydrogen-bond acceptors (Lipinski definition) is 6. The summed E-state index contributed by atoms with van der Waals surface area (Å²) in [5.41, 5.74) is 0. The van der Waals surface area contributed by atoms with Crippen LogP contribution in [0.4, 0.5) is 0 Å². The second-order valence-electron chi connectivity index (χ2n) is 18.4. The average Bonchev–Trinajstić information content (AvgIpc) is 3.33. The molecule has 6 heteroatoms. The summed E-state index contributed by atoms with van der Waals surface area (Å²) < 4.78 is 16.8. The van der Waals surface area contributed by atoms with Crippen LogP contribution in [0.3, 0.4) is 0 Å². The highest BCUT2D eigenvalue weighted by Crippen LogP contribution is 2.15. The van der Waals surface area contributed by atoms with Crippen molar-refractivity contribution in [2.75, 3.05) is 13.2 Å². The van der Waals surface area contributed by atoms with Gasteiger partial charge in [-0.1, -0.05) is 228 Å². The lowest BCUT2D eigenvalue weighted by molar-refractivity contribution is -0.167. The summed E-state index contributed by atoms with van der Waals surface area (Å²) in [6.07, 6.45) is 71.6. The van der Waals surface area contributed by atoms with Crippen LogP contribution < -0.4 is 0 Å². The normalized spacial score (nSPS) is 12.7. The number of allylic oxidation sites excluding steroid dienone is 14. The van der Waals surface area contributed by atoms with Crippen LogP contribution in [0.25, 0.3) is 0 Å².